The van der Waals surface area contributed by atoms with Gasteiger partial charge in [0, 0.05) is 5.56 Å². The number of nitrogens with zero attached hydrogens (tertiary/aromatic N) is 1. The van der Waals surface area contributed by atoms with Crippen molar-refractivity contribution in [3.8, 4) is 5.75 Å². The number of piperazine rings is 1. The van der Waals surface area contributed by atoms with Crippen LogP contribution in [0.4, 0.5) is 0 Å². The Morgan fingerprint density at radius 2 is 2.05 bits per heavy atom. The van der Waals surface area contributed by atoms with Gasteiger partial charge in [0.15, 0.2) is 6.04 Å². The minimum absolute atomic E-state index is 0.0815. The van der Waals surface area contributed by atoms with E-state index in [1.54, 1.807) is 36.3 Å². The number of rotatable bonds is 3. The van der Waals surface area contributed by atoms with Gasteiger partial charge in [-0.1, -0.05) is 0 Å². The Kier molecular flexibility index (Phi) is 4.01. The Morgan fingerprint density at radius 3 is 2.63 bits per heavy atom. The van der Waals surface area contributed by atoms with E-state index in [4.69, 9.17) is 10.5 Å². The Morgan fingerprint density at radius 1 is 1.37 bits per heavy atom. The number of carbonyl (C=O) groups is 2. The lowest BCUT2D eigenvalue weighted by molar-refractivity contribution is -0.683. The number of hydrogen-bond acceptors (Lipinski definition) is 3. The highest BCUT2D eigenvalue weighted by molar-refractivity contribution is 5.94. The first-order valence-corrected chi connectivity index (χ1v) is 6.18. The van der Waals surface area contributed by atoms with Gasteiger partial charge in [0.2, 0.25) is 0 Å². The number of carbonyl (C=O) groups excluding carboxylic acids is 2. The van der Waals surface area contributed by atoms with E-state index in [9.17, 15) is 9.59 Å². The summed E-state index contributed by atoms with van der Waals surface area (Å²) in [6.45, 7) is 1.67. The summed E-state index contributed by atoms with van der Waals surface area (Å²) in [6, 6.07) is 6.58. The number of ether oxygens (including phenoxy) is 1. The summed E-state index contributed by atoms with van der Waals surface area (Å²) in [5, 5.41) is 1.88. The van der Waals surface area contributed by atoms with Crippen molar-refractivity contribution < 1.29 is 19.6 Å². The zero-order valence-corrected chi connectivity index (χ0v) is 10.8. The van der Waals surface area contributed by atoms with Crippen molar-refractivity contribution in [3.63, 3.8) is 0 Å². The third kappa shape index (κ3) is 3.03. The molecule has 2 rings (SSSR count). The van der Waals surface area contributed by atoms with Crippen LogP contribution in [0.2, 0.25) is 0 Å². The van der Waals surface area contributed by atoms with Gasteiger partial charge in [0.25, 0.3) is 11.8 Å². The fraction of sp³-hybridized carbons (Fsp3) is 0.385. The van der Waals surface area contributed by atoms with Gasteiger partial charge in [-0.3, -0.25) is 9.59 Å². The van der Waals surface area contributed by atoms with Gasteiger partial charge < -0.3 is 20.7 Å². The molecule has 1 fully saturated rings. The average molecular weight is 264 g/mol. The van der Waals surface area contributed by atoms with Crippen LogP contribution in [0.1, 0.15) is 10.4 Å². The summed E-state index contributed by atoms with van der Waals surface area (Å²) in [4.78, 5) is 25.1. The van der Waals surface area contributed by atoms with E-state index in [1.165, 1.54) is 0 Å². The average Bonchev–Trinajstić information content (AvgIpc) is 2.46. The first-order chi connectivity index (χ1) is 9.11. The molecule has 0 aromatic heterocycles. The fourth-order valence-electron chi connectivity index (χ4n) is 2.14. The van der Waals surface area contributed by atoms with Crippen LogP contribution in [0.15, 0.2) is 24.3 Å². The summed E-state index contributed by atoms with van der Waals surface area (Å²) < 4.78 is 5.05. The molecule has 1 saturated heterocycles. The molecule has 1 aliphatic heterocycles. The minimum Gasteiger partial charge on any atom is -0.497 e. The highest BCUT2D eigenvalue weighted by Crippen LogP contribution is 2.13. The highest BCUT2D eigenvalue weighted by Gasteiger charge is 2.30. The lowest BCUT2D eigenvalue weighted by Gasteiger charge is -2.29. The topological polar surface area (TPSA) is 89.2 Å². The Balaban J connectivity index is 2.07. The standard InChI is InChI=1S/C13H17N3O3/c1-19-10-4-2-9(3-5-10)13(18)16-7-6-15-11(8-16)12(14)17/h2-5,11,15H,6-8H2,1H3,(H2,14,17)/p+1/t11-/m0/s1. The molecular formula is C13H18N3O3+. The van der Waals surface area contributed by atoms with Crippen LogP contribution in [0.25, 0.3) is 0 Å². The molecule has 0 spiro atoms. The second-order valence-electron chi connectivity index (χ2n) is 4.51. The van der Waals surface area contributed by atoms with E-state index in [0.29, 0.717) is 30.9 Å². The van der Waals surface area contributed by atoms with Crippen molar-refractivity contribution in [1.29, 1.82) is 0 Å². The minimum atomic E-state index is -0.382. The highest BCUT2D eigenvalue weighted by atomic mass is 16.5. The number of amides is 2. The van der Waals surface area contributed by atoms with Crippen LogP contribution < -0.4 is 15.8 Å². The maximum Gasteiger partial charge on any atom is 0.277 e. The second-order valence-corrected chi connectivity index (χ2v) is 4.51. The van der Waals surface area contributed by atoms with Crippen molar-refractivity contribution in [2.24, 2.45) is 5.73 Å². The predicted octanol–water partition coefficient (Wildman–Crippen LogP) is -1.43. The van der Waals surface area contributed by atoms with Crippen LogP contribution in [-0.4, -0.2) is 49.5 Å². The summed E-state index contributed by atoms with van der Waals surface area (Å²) in [5.41, 5.74) is 5.87. The smallest absolute Gasteiger partial charge is 0.277 e. The molecule has 1 aromatic rings. The van der Waals surface area contributed by atoms with Crippen LogP contribution in [0.5, 0.6) is 5.75 Å². The Hall–Kier alpha value is -2.08. The molecule has 1 atom stereocenters. The molecule has 0 unspecified atom stereocenters. The van der Waals surface area contributed by atoms with Gasteiger partial charge in [-0.05, 0) is 24.3 Å². The van der Waals surface area contributed by atoms with E-state index >= 15 is 0 Å². The number of primary amides is 1. The summed E-state index contributed by atoms with van der Waals surface area (Å²) in [7, 11) is 1.58. The van der Waals surface area contributed by atoms with Gasteiger partial charge in [0.05, 0.1) is 26.7 Å². The van der Waals surface area contributed by atoms with Crippen molar-refractivity contribution >= 4 is 11.8 Å². The summed E-state index contributed by atoms with van der Waals surface area (Å²) in [6.07, 6.45) is 0. The van der Waals surface area contributed by atoms with Gasteiger partial charge >= 0.3 is 0 Å². The lowest BCUT2D eigenvalue weighted by atomic mass is 10.1. The van der Waals surface area contributed by atoms with Gasteiger partial charge in [0.1, 0.15) is 5.75 Å². The third-order valence-corrected chi connectivity index (χ3v) is 3.26. The Labute approximate surface area is 111 Å². The molecule has 1 heterocycles. The van der Waals surface area contributed by atoms with E-state index < -0.39 is 0 Å². The molecule has 0 radical (unpaired) electrons. The van der Waals surface area contributed by atoms with E-state index in [-0.39, 0.29) is 17.9 Å². The molecule has 4 N–H and O–H groups in total. The monoisotopic (exact) mass is 264 g/mol. The molecule has 1 aliphatic rings. The quantitative estimate of drug-likeness (QED) is 0.701. The van der Waals surface area contributed by atoms with Crippen LogP contribution in [0, 0.1) is 0 Å². The second kappa shape index (κ2) is 5.71. The molecule has 1 aromatic carbocycles. The molecular weight excluding hydrogens is 246 g/mol. The van der Waals surface area contributed by atoms with Gasteiger partial charge in [-0.25, -0.2) is 0 Å². The number of benzene rings is 1. The van der Waals surface area contributed by atoms with Gasteiger partial charge in [-0.15, -0.1) is 0 Å². The molecule has 6 nitrogen and oxygen atoms in total. The van der Waals surface area contributed by atoms with Crippen molar-refractivity contribution in [1.82, 2.24) is 4.90 Å². The fourth-order valence-corrected chi connectivity index (χ4v) is 2.14. The van der Waals surface area contributed by atoms with Crippen molar-refractivity contribution in [2.45, 2.75) is 6.04 Å². The zero-order valence-electron chi connectivity index (χ0n) is 10.8. The normalized spacial score (nSPS) is 19.0. The van der Waals surface area contributed by atoms with Crippen molar-refractivity contribution in [3.05, 3.63) is 29.8 Å². The molecule has 0 aliphatic carbocycles. The maximum absolute atomic E-state index is 12.3. The predicted molar refractivity (Wildman–Crippen MR) is 68.7 cm³/mol. The largest absolute Gasteiger partial charge is 0.497 e. The maximum atomic E-state index is 12.3. The van der Waals surface area contributed by atoms with Gasteiger partial charge in [-0.2, -0.15) is 0 Å². The third-order valence-electron chi connectivity index (χ3n) is 3.26. The number of quaternary nitrogens is 1. The number of hydrogen-bond donors (Lipinski definition) is 2. The molecule has 0 bridgehead atoms. The first-order valence-electron chi connectivity index (χ1n) is 6.18. The first kappa shape index (κ1) is 13.4. The van der Waals surface area contributed by atoms with E-state index in [0.717, 1.165) is 0 Å². The van der Waals surface area contributed by atoms with E-state index in [2.05, 4.69) is 0 Å². The number of nitrogens with two attached hydrogens (primary N) is 2. The molecule has 19 heavy (non-hydrogen) atoms. The summed E-state index contributed by atoms with van der Waals surface area (Å²) in [5.74, 6) is 0.243. The van der Waals surface area contributed by atoms with Crippen LogP contribution in [0.3, 0.4) is 0 Å². The van der Waals surface area contributed by atoms with Crippen LogP contribution in [-0.2, 0) is 4.79 Å². The van der Waals surface area contributed by atoms with Crippen molar-refractivity contribution in [2.75, 3.05) is 26.7 Å². The zero-order chi connectivity index (χ0) is 13.8. The molecule has 6 heteroatoms. The molecule has 0 saturated carbocycles. The molecule has 2 amide bonds. The lowest BCUT2D eigenvalue weighted by Crippen LogP contribution is -2.97. The molecule has 102 valence electrons. The SMILES string of the molecule is COc1ccc(C(=O)N2CC[NH2+][C@H](C(N)=O)C2)cc1. The number of methoxy groups -OCH3 is 1. The van der Waals surface area contributed by atoms with Crippen LogP contribution >= 0.6 is 0 Å². The Bertz CT molecular complexity index is 473. The van der Waals surface area contributed by atoms with E-state index in [1.807, 2.05) is 5.32 Å². The summed E-state index contributed by atoms with van der Waals surface area (Å²) >= 11 is 0.